The molecule has 0 unspecified atom stereocenters. The van der Waals surface area contributed by atoms with E-state index in [-0.39, 0.29) is 23.7 Å². The molecule has 7 nitrogen and oxygen atoms in total. The summed E-state index contributed by atoms with van der Waals surface area (Å²) in [7, 11) is 0. The number of aromatic carboxylic acids is 1. The maximum atomic E-state index is 11.9. The fraction of sp³-hybridized carbons (Fsp3) is 0.250. The van der Waals surface area contributed by atoms with Crippen LogP contribution < -0.4 is 10.6 Å². The Morgan fingerprint density at radius 3 is 2.74 bits per heavy atom. The highest BCUT2D eigenvalue weighted by molar-refractivity contribution is 6.00. The molecule has 1 heterocycles. The molecule has 0 aromatic heterocycles. The Labute approximate surface area is 109 Å². The van der Waals surface area contributed by atoms with Crippen LogP contribution >= 0.6 is 0 Å². The van der Waals surface area contributed by atoms with Crippen LogP contribution in [-0.4, -0.2) is 47.5 Å². The molecule has 3 amide bonds. The van der Waals surface area contributed by atoms with Crippen LogP contribution in [0.5, 0.6) is 0 Å². The van der Waals surface area contributed by atoms with E-state index in [4.69, 9.17) is 5.11 Å². The van der Waals surface area contributed by atoms with E-state index in [0.717, 1.165) is 0 Å². The van der Waals surface area contributed by atoms with E-state index >= 15 is 0 Å². The standard InChI is InChI=1S/C12H13N3O4/c16-10-7-15(6-5-13-10)12(19)14-9-4-2-1-3-8(9)11(17)18/h1-4H,5-7H2,(H,13,16)(H,14,19)(H,17,18). The van der Waals surface area contributed by atoms with E-state index in [1.807, 2.05) is 0 Å². The summed E-state index contributed by atoms with van der Waals surface area (Å²) in [5, 5.41) is 14.1. The number of rotatable bonds is 2. The molecule has 0 spiro atoms. The van der Waals surface area contributed by atoms with Crippen LogP contribution in [0, 0.1) is 0 Å². The van der Waals surface area contributed by atoms with E-state index in [0.29, 0.717) is 13.1 Å². The number of nitrogens with one attached hydrogen (secondary N) is 2. The number of carboxylic acid groups (broad SMARTS) is 1. The minimum atomic E-state index is -1.12. The quantitative estimate of drug-likeness (QED) is 0.717. The summed E-state index contributed by atoms with van der Waals surface area (Å²) in [5.41, 5.74) is 0.225. The molecule has 1 fully saturated rings. The molecule has 0 aliphatic carbocycles. The number of urea groups is 1. The molecule has 1 aliphatic heterocycles. The summed E-state index contributed by atoms with van der Waals surface area (Å²) in [5.74, 6) is -1.35. The van der Waals surface area contributed by atoms with Gasteiger partial charge < -0.3 is 20.6 Å². The molecule has 0 radical (unpaired) electrons. The highest BCUT2D eigenvalue weighted by Gasteiger charge is 2.22. The van der Waals surface area contributed by atoms with E-state index in [1.165, 1.54) is 17.0 Å². The van der Waals surface area contributed by atoms with Crippen molar-refractivity contribution in [1.29, 1.82) is 0 Å². The Morgan fingerprint density at radius 1 is 1.32 bits per heavy atom. The Hall–Kier alpha value is -2.57. The lowest BCUT2D eigenvalue weighted by Crippen LogP contribution is -2.51. The SMILES string of the molecule is O=C1CN(C(=O)Nc2ccccc2C(=O)O)CCN1. The summed E-state index contributed by atoms with van der Waals surface area (Å²) in [6.45, 7) is 0.765. The first kappa shape index (κ1) is 12.9. The second kappa shape index (κ2) is 5.38. The van der Waals surface area contributed by atoms with Crippen molar-refractivity contribution in [2.24, 2.45) is 0 Å². The Morgan fingerprint density at radius 2 is 2.05 bits per heavy atom. The lowest BCUT2D eigenvalue weighted by Gasteiger charge is -2.26. The second-order valence-corrected chi connectivity index (χ2v) is 4.05. The molecule has 0 bridgehead atoms. The van der Waals surface area contributed by atoms with Crippen LogP contribution in [0.2, 0.25) is 0 Å². The number of hydrogen-bond donors (Lipinski definition) is 3. The number of nitrogens with zero attached hydrogens (tertiary/aromatic N) is 1. The van der Waals surface area contributed by atoms with Crippen LogP contribution in [0.4, 0.5) is 10.5 Å². The van der Waals surface area contributed by atoms with Gasteiger partial charge in [0.1, 0.15) is 6.54 Å². The van der Waals surface area contributed by atoms with Gasteiger partial charge >= 0.3 is 12.0 Å². The molecule has 19 heavy (non-hydrogen) atoms. The fourth-order valence-corrected chi connectivity index (χ4v) is 1.78. The molecule has 100 valence electrons. The van der Waals surface area contributed by atoms with Gasteiger partial charge in [0.05, 0.1) is 11.3 Å². The van der Waals surface area contributed by atoms with Crippen molar-refractivity contribution < 1.29 is 19.5 Å². The molecule has 0 atom stereocenters. The lowest BCUT2D eigenvalue weighted by atomic mass is 10.2. The fourth-order valence-electron chi connectivity index (χ4n) is 1.78. The van der Waals surface area contributed by atoms with Gasteiger partial charge in [-0.25, -0.2) is 9.59 Å². The van der Waals surface area contributed by atoms with Gasteiger partial charge in [-0.1, -0.05) is 12.1 Å². The van der Waals surface area contributed by atoms with Crippen LogP contribution in [0.15, 0.2) is 24.3 Å². The van der Waals surface area contributed by atoms with Gasteiger partial charge in [0, 0.05) is 13.1 Å². The zero-order valence-electron chi connectivity index (χ0n) is 10.0. The first-order valence-electron chi connectivity index (χ1n) is 5.73. The van der Waals surface area contributed by atoms with Gasteiger partial charge in [0.15, 0.2) is 0 Å². The van der Waals surface area contributed by atoms with E-state index < -0.39 is 12.0 Å². The third-order valence-corrected chi connectivity index (χ3v) is 2.72. The lowest BCUT2D eigenvalue weighted by molar-refractivity contribution is -0.123. The van der Waals surface area contributed by atoms with E-state index in [9.17, 15) is 14.4 Å². The average molecular weight is 263 g/mol. The summed E-state index contributed by atoms with van der Waals surface area (Å²) < 4.78 is 0. The van der Waals surface area contributed by atoms with Crippen molar-refractivity contribution >= 4 is 23.6 Å². The van der Waals surface area contributed by atoms with Crippen LogP contribution in [0.25, 0.3) is 0 Å². The second-order valence-electron chi connectivity index (χ2n) is 4.05. The van der Waals surface area contributed by atoms with Gasteiger partial charge in [0.2, 0.25) is 5.91 Å². The van der Waals surface area contributed by atoms with Gasteiger partial charge in [-0.2, -0.15) is 0 Å². The van der Waals surface area contributed by atoms with Gasteiger partial charge in [-0.15, -0.1) is 0 Å². The molecule has 1 saturated heterocycles. The highest BCUT2D eigenvalue weighted by Crippen LogP contribution is 2.15. The number of piperazine rings is 1. The van der Waals surface area contributed by atoms with Crippen molar-refractivity contribution in [2.75, 3.05) is 25.0 Å². The molecule has 0 saturated carbocycles. The van der Waals surface area contributed by atoms with Crippen molar-refractivity contribution in [3.8, 4) is 0 Å². The van der Waals surface area contributed by atoms with E-state index in [1.54, 1.807) is 12.1 Å². The Balaban J connectivity index is 2.10. The maximum absolute atomic E-state index is 11.9. The minimum Gasteiger partial charge on any atom is -0.478 e. The maximum Gasteiger partial charge on any atom is 0.337 e. The number of carboxylic acids is 1. The van der Waals surface area contributed by atoms with Crippen molar-refractivity contribution in [3.63, 3.8) is 0 Å². The van der Waals surface area contributed by atoms with Crippen LogP contribution in [0.3, 0.4) is 0 Å². The number of para-hydroxylation sites is 1. The summed E-state index contributed by atoms with van der Waals surface area (Å²) in [6.07, 6.45) is 0. The van der Waals surface area contributed by atoms with Crippen molar-refractivity contribution in [2.45, 2.75) is 0 Å². The summed E-state index contributed by atoms with van der Waals surface area (Å²) >= 11 is 0. The molecule has 1 aliphatic rings. The normalized spacial score (nSPS) is 14.7. The monoisotopic (exact) mass is 263 g/mol. The Kier molecular flexibility index (Phi) is 3.65. The first-order chi connectivity index (χ1) is 9.08. The zero-order chi connectivity index (χ0) is 13.8. The average Bonchev–Trinajstić information content (AvgIpc) is 2.39. The number of carbonyl (C=O) groups is 3. The topological polar surface area (TPSA) is 98.7 Å². The first-order valence-corrected chi connectivity index (χ1v) is 5.73. The molecular weight excluding hydrogens is 250 g/mol. The minimum absolute atomic E-state index is 0.0114. The molecule has 1 aromatic rings. The zero-order valence-corrected chi connectivity index (χ0v) is 10.0. The number of amides is 3. The third kappa shape index (κ3) is 3.01. The van der Waals surface area contributed by atoms with Crippen molar-refractivity contribution in [1.82, 2.24) is 10.2 Å². The molecule has 1 aromatic carbocycles. The smallest absolute Gasteiger partial charge is 0.337 e. The van der Waals surface area contributed by atoms with Crippen molar-refractivity contribution in [3.05, 3.63) is 29.8 Å². The van der Waals surface area contributed by atoms with Crippen LogP contribution in [-0.2, 0) is 4.79 Å². The highest BCUT2D eigenvalue weighted by atomic mass is 16.4. The Bertz CT molecular complexity index is 529. The molecule has 7 heteroatoms. The summed E-state index contributed by atoms with van der Waals surface area (Å²) in [4.78, 5) is 35.4. The largest absolute Gasteiger partial charge is 0.478 e. The van der Waals surface area contributed by atoms with E-state index in [2.05, 4.69) is 10.6 Å². The van der Waals surface area contributed by atoms with Gasteiger partial charge in [-0.3, -0.25) is 4.79 Å². The predicted octanol–water partition coefficient (Wildman–Crippen LogP) is 0.349. The number of anilines is 1. The predicted molar refractivity (Wildman–Crippen MR) is 67.0 cm³/mol. The number of benzene rings is 1. The molecule has 2 rings (SSSR count). The van der Waals surface area contributed by atoms with Gasteiger partial charge in [0.25, 0.3) is 0 Å². The number of hydrogen-bond acceptors (Lipinski definition) is 3. The summed E-state index contributed by atoms with van der Waals surface area (Å²) in [6, 6.07) is 5.63. The third-order valence-electron chi connectivity index (χ3n) is 2.72. The van der Waals surface area contributed by atoms with Crippen LogP contribution in [0.1, 0.15) is 10.4 Å². The molecular formula is C12H13N3O4. The molecule has 3 N–H and O–H groups in total. The van der Waals surface area contributed by atoms with Gasteiger partial charge in [-0.05, 0) is 12.1 Å². The number of carbonyl (C=O) groups excluding carboxylic acids is 2.